The number of halogens is 4. The summed E-state index contributed by atoms with van der Waals surface area (Å²) in [7, 11) is 0. The van der Waals surface area contributed by atoms with Crippen LogP contribution in [0.3, 0.4) is 0 Å². The van der Waals surface area contributed by atoms with Crippen molar-refractivity contribution < 1.29 is 13.2 Å². The molecule has 0 amide bonds. The van der Waals surface area contributed by atoms with Crippen LogP contribution >= 0.6 is 15.9 Å². The summed E-state index contributed by atoms with van der Waals surface area (Å²) < 4.78 is 41.9. The maximum atomic E-state index is 13.4. The van der Waals surface area contributed by atoms with Gasteiger partial charge >= 0.3 is 6.18 Å². The number of fused-ring (bicyclic) bond motifs is 1. The van der Waals surface area contributed by atoms with Gasteiger partial charge in [-0.05, 0) is 24.1 Å². The van der Waals surface area contributed by atoms with E-state index in [0.29, 0.717) is 17.7 Å². The predicted octanol–water partition coefficient (Wildman–Crippen LogP) is 4.42. The van der Waals surface area contributed by atoms with Gasteiger partial charge in [-0.3, -0.25) is 9.89 Å². The fourth-order valence-corrected chi connectivity index (χ4v) is 2.83. The van der Waals surface area contributed by atoms with E-state index >= 15 is 0 Å². The molecule has 8 heteroatoms. The van der Waals surface area contributed by atoms with Crippen molar-refractivity contribution in [3.8, 4) is 11.1 Å². The number of hydrogen-bond acceptors (Lipinski definition) is 2. The first-order valence-electron chi connectivity index (χ1n) is 7.29. The molecule has 0 aliphatic rings. The number of aromatic amines is 1. The number of nitrogens with one attached hydrogen (secondary N) is 1. The van der Waals surface area contributed by atoms with Crippen molar-refractivity contribution in [2.75, 3.05) is 0 Å². The molecule has 4 nitrogen and oxygen atoms in total. The summed E-state index contributed by atoms with van der Waals surface area (Å²) >= 11 is 3.26. The first kappa shape index (κ1) is 16.8. The molecular formula is C16H13BrF3N3O. The topological polar surface area (TPSA) is 50.2 Å². The standard InChI is InChI=1S/C16H13BrF3N3O/c1-2-3-11-8-12(24)23-15(21-11)13(14(22-23)16(18,19)20)9-4-6-10(17)7-5-9/h4-8,22H,2-3H2,1H3. The van der Waals surface area contributed by atoms with Crippen LogP contribution in [-0.2, 0) is 12.6 Å². The van der Waals surface area contributed by atoms with Crippen molar-refractivity contribution in [3.05, 3.63) is 56.5 Å². The van der Waals surface area contributed by atoms with E-state index in [1.54, 1.807) is 24.3 Å². The predicted molar refractivity (Wildman–Crippen MR) is 87.9 cm³/mol. The van der Waals surface area contributed by atoms with Gasteiger partial charge in [0, 0.05) is 16.2 Å². The number of rotatable bonds is 3. The van der Waals surface area contributed by atoms with E-state index in [-0.39, 0.29) is 11.2 Å². The molecular weight excluding hydrogens is 387 g/mol. The second kappa shape index (κ2) is 6.08. The Bertz CT molecular complexity index is 942. The lowest BCUT2D eigenvalue weighted by atomic mass is 10.1. The zero-order valence-electron chi connectivity index (χ0n) is 12.6. The number of benzene rings is 1. The van der Waals surface area contributed by atoms with Gasteiger partial charge in [0.2, 0.25) is 0 Å². The Labute approximate surface area is 143 Å². The Morgan fingerprint density at radius 3 is 2.50 bits per heavy atom. The van der Waals surface area contributed by atoms with Crippen molar-refractivity contribution in [1.29, 1.82) is 0 Å². The number of alkyl halides is 3. The highest BCUT2D eigenvalue weighted by molar-refractivity contribution is 9.10. The van der Waals surface area contributed by atoms with Crippen LogP contribution in [0.15, 0.2) is 39.6 Å². The van der Waals surface area contributed by atoms with Gasteiger partial charge in [-0.15, -0.1) is 0 Å². The Kier molecular flexibility index (Phi) is 4.25. The highest BCUT2D eigenvalue weighted by Gasteiger charge is 2.38. The van der Waals surface area contributed by atoms with Gasteiger partial charge in [0.05, 0.1) is 5.56 Å². The maximum Gasteiger partial charge on any atom is 0.433 e. The zero-order chi connectivity index (χ0) is 17.5. The minimum absolute atomic E-state index is 0.0133. The molecule has 0 unspecified atom stereocenters. The summed E-state index contributed by atoms with van der Waals surface area (Å²) in [5.74, 6) is 0. The van der Waals surface area contributed by atoms with Crippen LogP contribution in [-0.4, -0.2) is 14.6 Å². The average molecular weight is 400 g/mol. The van der Waals surface area contributed by atoms with Crippen molar-refractivity contribution in [2.24, 2.45) is 0 Å². The molecule has 0 aliphatic carbocycles. The average Bonchev–Trinajstić information content (AvgIpc) is 2.89. The third-order valence-electron chi connectivity index (χ3n) is 3.59. The summed E-state index contributed by atoms with van der Waals surface area (Å²) in [5.41, 5.74) is -0.857. The molecule has 0 aliphatic heterocycles. The zero-order valence-corrected chi connectivity index (χ0v) is 14.2. The SMILES string of the molecule is CCCc1cc(=O)n2[nH]c(C(F)(F)F)c(-c3ccc(Br)cc3)c2n1. The summed E-state index contributed by atoms with van der Waals surface area (Å²) in [6, 6.07) is 7.67. The third kappa shape index (κ3) is 2.98. The molecule has 3 rings (SSSR count). The number of aryl methyl sites for hydroxylation is 1. The van der Waals surface area contributed by atoms with Gasteiger partial charge in [-0.1, -0.05) is 41.4 Å². The second-order valence-electron chi connectivity index (χ2n) is 5.36. The molecule has 0 radical (unpaired) electrons. The van der Waals surface area contributed by atoms with E-state index in [0.717, 1.165) is 15.4 Å². The lowest BCUT2D eigenvalue weighted by Gasteiger charge is -2.07. The first-order chi connectivity index (χ1) is 11.3. The molecule has 2 heterocycles. The van der Waals surface area contributed by atoms with E-state index in [4.69, 9.17) is 0 Å². The van der Waals surface area contributed by atoms with Crippen molar-refractivity contribution in [1.82, 2.24) is 14.6 Å². The molecule has 3 aromatic rings. The van der Waals surface area contributed by atoms with Gasteiger partial charge in [0.25, 0.3) is 5.56 Å². The van der Waals surface area contributed by atoms with Gasteiger partial charge in [-0.25, -0.2) is 9.50 Å². The lowest BCUT2D eigenvalue weighted by molar-refractivity contribution is -0.140. The Morgan fingerprint density at radius 2 is 1.92 bits per heavy atom. The van der Waals surface area contributed by atoms with E-state index in [9.17, 15) is 18.0 Å². The number of nitrogens with zero attached hydrogens (tertiary/aromatic N) is 2. The highest BCUT2D eigenvalue weighted by Crippen LogP contribution is 2.38. The summed E-state index contributed by atoms with van der Waals surface area (Å²) in [4.78, 5) is 16.4. The van der Waals surface area contributed by atoms with Crippen LogP contribution in [0.25, 0.3) is 16.8 Å². The van der Waals surface area contributed by atoms with Crippen molar-refractivity contribution >= 4 is 21.6 Å². The highest BCUT2D eigenvalue weighted by atomic mass is 79.9. The summed E-state index contributed by atoms with van der Waals surface area (Å²) in [6.07, 6.45) is -3.36. The molecule has 0 atom stereocenters. The normalized spacial score (nSPS) is 12.0. The van der Waals surface area contributed by atoms with Crippen LogP contribution < -0.4 is 5.56 Å². The Hall–Kier alpha value is -2.09. The second-order valence-corrected chi connectivity index (χ2v) is 6.28. The Balaban J connectivity index is 2.38. The van der Waals surface area contributed by atoms with Crippen LogP contribution in [0.2, 0.25) is 0 Å². The van der Waals surface area contributed by atoms with Crippen molar-refractivity contribution in [3.63, 3.8) is 0 Å². The van der Waals surface area contributed by atoms with Crippen molar-refractivity contribution in [2.45, 2.75) is 25.9 Å². The van der Waals surface area contributed by atoms with Crippen LogP contribution in [0.4, 0.5) is 13.2 Å². The smallest absolute Gasteiger partial charge is 0.284 e. The van der Waals surface area contributed by atoms with Crippen LogP contribution in [0.1, 0.15) is 24.7 Å². The number of hydrogen-bond donors (Lipinski definition) is 1. The van der Waals surface area contributed by atoms with E-state index in [2.05, 4.69) is 26.0 Å². The fourth-order valence-electron chi connectivity index (χ4n) is 2.56. The molecule has 0 saturated heterocycles. The molecule has 0 bridgehead atoms. The quantitative estimate of drug-likeness (QED) is 0.708. The molecule has 2 aromatic heterocycles. The lowest BCUT2D eigenvalue weighted by Crippen LogP contribution is -2.16. The maximum absolute atomic E-state index is 13.4. The minimum Gasteiger partial charge on any atom is -0.284 e. The van der Waals surface area contributed by atoms with Gasteiger partial charge < -0.3 is 0 Å². The molecule has 0 spiro atoms. The van der Waals surface area contributed by atoms with E-state index in [1.807, 2.05) is 6.92 Å². The van der Waals surface area contributed by atoms with Gasteiger partial charge in [0.15, 0.2) is 5.65 Å². The van der Waals surface area contributed by atoms with E-state index < -0.39 is 17.4 Å². The molecule has 126 valence electrons. The molecule has 1 aromatic carbocycles. The summed E-state index contributed by atoms with van der Waals surface area (Å²) in [6.45, 7) is 1.91. The monoisotopic (exact) mass is 399 g/mol. The molecule has 1 N–H and O–H groups in total. The van der Waals surface area contributed by atoms with Crippen LogP contribution in [0, 0.1) is 0 Å². The minimum atomic E-state index is -4.63. The summed E-state index contributed by atoms with van der Waals surface area (Å²) in [5, 5.41) is 2.16. The number of aromatic nitrogens is 3. The fraction of sp³-hybridized carbons (Fsp3) is 0.250. The van der Waals surface area contributed by atoms with E-state index in [1.165, 1.54) is 6.07 Å². The third-order valence-corrected chi connectivity index (χ3v) is 4.12. The van der Waals surface area contributed by atoms with Gasteiger partial charge in [0.1, 0.15) is 5.69 Å². The van der Waals surface area contributed by atoms with Gasteiger partial charge in [-0.2, -0.15) is 13.2 Å². The van der Waals surface area contributed by atoms with Crippen LogP contribution in [0.5, 0.6) is 0 Å². The molecule has 0 saturated carbocycles. The molecule has 24 heavy (non-hydrogen) atoms. The molecule has 0 fully saturated rings. The first-order valence-corrected chi connectivity index (χ1v) is 8.08. The number of H-pyrrole nitrogens is 1. The Morgan fingerprint density at radius 1 is 1.25 bits per heavy atom. The largest absolute Gasteiger partial charge is 0.433 e.